The molecular formula is C19H23N3O6S. The Morgan fingerprint density at radius 2 is 1.66 bits per heavy atom. The highest BCUT2D eigenvalue weighted by atomic mass is 32.2. The molecule has 0 aliphatic heterocycles. The average molecular weight is 421 g/mol. The van der Waals surface area contributed by atoms with Crippen molar-refractivity contribution in [2.75, 3.05) is 6.54 Å². The van der Waals surface area contributed by atoms with E-state index in [9.17, 15) is 28.6 Å². The molecule has 0 saturated heterocycles. The van der Waals surface area contributed by atoms with Gasteiger partial charge in [-0.1, -0.05) is 44.2 Å². The number of sulfonamides is 1. The maximum Gasteiger partial charge on any atom is 0.296 e. The van der Waals surface area contributed by atoms with E-state index in [2.05, 4.69) is 0 Å². The molecule has 29 heavy (non-hydrogen) atoms. The van der Waals surface area contributed by atoms with E-state index in [0.717, 1.165) is 24.1 Å². The van der Waals surface area contributed by atoms with Gasteiger partial charge in [0.2, 0.25) is 10.0 Å². The molecule has 0 aromatic heterocycles. The predicted octanol–water partition coefficient (Wildman–Crippen LogP) is 4.13. The Morgan fingerprint density at radius 3 is 2.21 bits per heavy atom. The fraction of sp³-hybridized carbons (Fsp3) is 0.368. The summed E-state index contributed by atoms with van der Waals surface area (Å²) in [5.41, 5.74) is -0.601. The number of nitro groups is 2. The number of benzene rings is 2. The van der Waals surface area contributed by atoms with Gasteiger partial charge in [-0.15, -0.1) is 0 Å². The van der Waals surface area contributed by atoms with Gasteiger partial charge < -0.3 is 0 Å². The van der Waals surface area contributed by atoms with E-state index in [-0.39, 0.29) is 13.1 Å². The van der Waals surface area contributed by atoms with E-state index in [1.54, 1.807) is 24.3 Å². The van der Waals surface area contributed by atoms with Gasteiger partial charge >= 0.3 is 0 Å². The first kappa shape index (κ1) is 22.4. The molecule has 2 rings (SSSR count). The minimum atomic E-state index is -4.25. The number of hydrogen-bond donors (Lipinski definition) is 0. The molecular weight excluding hydrogens is 398 g/mol. The highest BCUT2D eigenvalue weighted by molar-refractivity contribution is 7.89. The van der Waals surface area contributed by atoms with Crippen LogP contribution < -0.4 is 0 Å². The van der Waals surface area contributed by atoms with E-state index in [1.807, 2.05) is 19.9 Å². The van der Waals surface area contributed by atoms with Crippen LogP contribution in [0.25, 0.3) is 0 Å². The molecule has 2 aromatic rings. The molecule has 0 saturated carbocycles. The average Bonchev–Trinajstić information content (AvgIpc) is 2.67. The van der Waals surface area contributed by atoms with Gasteiger partial charge in [0.1, 0.15) is 0 Å². The Balaban J connectivity index is 2.47. The summed E-state index contributed by atoms with van der Waals surface area (Å²) < 4.78 is 27.7. The predicted molar refractivity (Wildman–Crippen MR) is 108 cm³/mol. The summed E-state index contributed by atoms with van der Waals surface area (Å²) in [6.45, 7) is 4.29. The van der Waals surface area contributed by atoms with Crippen molar-refractivity contribution in [1.82, 2.24) is 4.31 Å². The van der Waals surface area contributed by atoms with E-state index in [4.69, 9.17) is 0 Å². The van der Waals surface area contributed by atoms with Crippen LogP contribution in [0.3, 0.4) is 0 Å². The normalized spacial score (nSPS) is 11.7. The molecule has 156 valence electrons. The Morgan fingerprint density at radius 1 is 1.00 bits per heavy atom. The zero-order chi connectivity index (χ0) is 21.6. The van der Waals surface area contributed by atoms with Crippen molar-refractivity contribution < 1.29 is 18.3 Å². The largest absolute Gasteiger partial charge is 0.296 e. The number of hydrogen-bond acceptors (Lipinski definition) is 6. The molecule has 0 aliphatic carbocycles. The standard InChI is InChI=1S/C19H23N3O6S/c1-15(2)7-6-12-20(14-16-8-4-3-5-9-16)29(27,28)19-11-10-17(21(23)24)13-18(19)22(25)26/h3-5,8-11,13,15H,6-7,12,14H2,1-2H3. The van der Waals surface area contributed by atoms with Crippen LogP contribution in [0, 0.1) is 26.1 Å². The molecule has 0 unspecified atom stereocenters. The number of nitrogens with zero attached hydrogens (tertiary/aromatic N) is 3. The summed E-state index contributed by atoms with van der Waals surface area (Å²) in [6, 6.07) is 11.5. The lowest BCUT2D eigenvalue weighted by Crippen LogP contribution is -2.32. The van der Waals surface area contributed by atoms with Crippen molar-refractivity contribution in [3.8, 4) is 0 Å². The fourth-order valence-corrected chi connectivity index (χ4v) is 4.47. The van der Waals surface area contributed by atoms with Gasteiger partial charge in [-0.2, -0.15) is 4.31 Å². The molecule has 0 heterocycles. The summed E-state index contributed by atoms with van der Waals surface area (Å²) in [6.07, 6.45) is 1.38. The van der Waals surface area contributed by atoms with Gasteiger partial charge in [0.25, 0.3) is 11.4 Å². The molecule has 9 nitrogen and oxygen atoms in total. The molecule has 2 aromatic carbocycles. The van der Waals surface area contributed by atoms with Crippen LogP contribution in [0.1, 0.15) is 32.3 Å². The van der Waals surface area contributed by atoms with Crippen molar-refractivity contribution in [3.63, 3.8) is 0 Å². The second kappa shape index (κ2) is 9.57. The molecule has 0 amide bonds. The Labute approximate surface area is 169 Å². The van der Waals surface area contributed by atoms with E-state index in [1.165, 1.54) is 4.31 Å². The van der Waals surface area contributed by atoms with Gasteiger partial charge in [-0.05, 0) is 30.4 Å². The van der Waals surface area contributed by atoms with Crippen LogP contribution in [-0.2, 0) is 16.6 Å². The highest BCUT2D eigenvalue weighted by Crippen LogP contribution is 2.31. The SMILES string of the molecule is CC(C)CCCN(Cc1ccccc1)S(=O)(=O)c1ccc([N+](=O)[O-])cc1[N+](=O)[O-]. The fourth-order valence-electron chi connectivity index (χ4n) is 2.87. The van der Waals surface area contributed by atoms with E-state index in [0.29, 0.717) is 18.4 Å². The smallest absolute Gasteiger partial charge is 0.258 e. The highest BCUT2D eigenvalue weighted by Gasteiger charge is 2.33. The van der Waals surface area contributed by atoms with Crippen LogP contribution in [0.5, 0.6) is 0 Å². The molecule has 0 fully saturated rings. The number of non-ortho nitro benzene ring substituents is 1. The summed E-state index contributed by atoms with van der Waals surface area (Å²) >= 11 is 0. The van der Waals surface area contributed by atoms with Gasteiger partial charge in [-0.3, -0.25) is 20.2 Å². The number of rotatable bonds is 10. The second-order valence-corrected chi connectivity index (χ2v) is 8.93. The molecule has 0 aliphatic rings. The molecule has 0 bridgehead atoms. The quantitative estimate of drug-likeness (QED) is 0.420. The van der Waals surface area contributed by atoms with Crippen molar-refractivity contribution in [1.29, 1.82) is 0 Å². The van der Waals surface area contributed by atoms with Gasteiger partial charge in [-0.25, -0.2) is 8.42 Å². The van der Waals surface area contributed by atoms with Gasteiger partial charge in [0, 0.05) is 19.2 Å². The van der Waals surface area contributed by atoms with Crippen LogP contribution in [0.15, 0.2) is 53.4 Å². The minimum absolute atomic E-state index is 0.0510. The van der Waals surface area contributed by atoms with Crippen LogP contribution >= 0.6 is 0 Å². The minimum Gasteiger partial charge on any atom is -0.258 e. The first-order chi connectivity index (χ1) is 13.6. The maximum absolute atomic E-state index is 13.3. The third kappa shape index (κ3) is 5.81. The molecule has 0 spiro atoms. The van der Waals surface area contributed by atoms with Crippen LogP contribution in [0.2, 0.25) is 0 Å². The topological polar surface area (TPSA) is 124 Å². The molecule has 0 radical (unpaired) electrons. The van der Waals surface area contributed by atoms with Crippen molar-refractivity contribution >= 4 is 21.4 Å². The molecule has 10 heteroatoms. The first-order valence-electron chi connectivity index (χ1n) is 9.10. The monoisotopic (exact) mass is 421 g/mol. The van der Waals surface area contributed by atoms with E-state index < -0.39 is 36.1 Å². The summed E-state index contributed by atoms with van der Waals surface area (Å²) in [4.78, 5) is 20.1. The van der Waals surface area contributed by atoms with Gasteiger partial charge in [0.15, 0.2) is 4.90 Å². The van der Waals surface area contributed by atoms with Crippen LogP contribution in [0.4, 0.5) is 11.4 Å². The zero-order valence-electron chi connectivity index (χ0n) is 16.2. The lowest BCUT2D eigenvalue weighted by Gasteiger charge is -2.22. The Bertz CT molecular complexity index is 977. The maximum atomic E-state index is 13.3. The third-order valence-electron chi connectivity index (χ3n) is 4.36. The first-order valence-corrected chi connectivity index (χ1v) is 10.5. The summed E-state index contributed by atoms with van der Waals surface area (Å²) in [7, 11) is -4.25. The van der Waals surface area contributed by atoms with Crippen molar-refractivity contribution in [2.45, 2.75) is 38.1 Å². The Hall–Kier alpha value is -2.85. The third-order valence-corrected chi connectivity index (χ3v) is 6.25. The molecule has 0 atom stereocenters. The summed E-state index contributed by atoms with van der Waals surface area (Å²) in [5.74, 6) is 0.380. The molecule has 0 N–H and O–H groups in total. The van der Waals surface area contributed by atoms with Crippen molar-refractivity contribution in [3.05, 3.63) is 74.3 Å². The lowest BCUT2D eigenvalue weighted by atomic mass is 10.1. The number of nitro benzene ring substituents is 2. The van der Waals surface area contributed by atoms with Gasteiger partial charge in [0.05, 0.1) is 15.9 Å². The summed E-state index contributed by atoms with van der Waals surface area (Å²) in [5, 5.41) is 22.4. The lowest BCUT2D eigenvalue weighted by molar-refractivity contribution is -0.396. The Kier molecular flexibility index (Phi) is 7.40. The van der Waals surface area contributed by atoms with Crippen molar-refractivity contribution in [2.24, 2.45) is 5.92 Å². The van der Waals surface area contributed by atoms with E-state index >= 15 is 0 Å². The van der Waals surface area contributed by atoms with Crippen LogP contribution in [-0.4, -0.2) is 29.1 Å². The second-order valence-electron chi connectivity index (χ2n) is 7.03. The zero-order valence-corrected chi connectivity index (χ0v) is 17.0.